The van der Waals surface area contributed by atoms with E-state index in [2.05, 4.69) is 4.98 Å². The SMILES string of the molecule is COC1CCCC(Oc2ncc(F)cc2CN)C1. The first kappa shape index (κ1) is 13.2. The Labute approximate surface area is 106 Å². The van der Waals surface area contributed by atoms with E-state index in [1.807, 2.05) is 0 Å². The first-order chi connectivity index (χ1) is 8.72. The van der Waals surface area contributed by atoms with Crippen molar-refractivity contribution in [1.29, 1.82) is 0 Å². The van der Waals surface area contributed by atoms with Crippen LogP contribution in [0.15, 0.2) is 12.3 Å². The minimum absolute atomic E-state index is 0.0759. The fourth-order valence-corrected chi connectivity index (χ4v) is 2.30. The van der Waals surface area contributed by atoms with E-state index >= 15 is 0 Å². The third-order valence-corrected chi connectivity index (χ3v) is 3.30. The van der Waals surface area contributed by atoms with Crippen molar-refractivity contribution in [3.63, 3.8) is 0 Å². The standard InChI is InChI=1S/C13H19FN2O2/c1-17-11-3-2-4-12(6-11)18-13-9(7-15)5-10(14)8-16-13/h5,8,11-12H,2-4,6-7,15H2,1H3. The number of hydrogen-bond donors (Lipinski definition) is 1. The lowest BCUT2D eigenvalue weighted by Crippen LogP contribution is -2.30. The molecule has 0 aliphatic heterocycles. The van der Waals surface area contributed by atoms with Gasteiger partial charge >= 0.3 is 0 Å². The molecule has 1 heterocycles. The summed E-state index contributed by atoms with van der Waals surface area (Å²) < 4.78 is 24.2. The summed E-state index contributed by atoms with van der Waals surface area (Å²) in [5.41, 5.74) is 6.17. The maximum atomic E-state index is 13.0. The average Bonchev–Trinajstić information content (AvgIpc) is 2.41. The highest BCUT2D eigenvalue weighted by atomic mass is 19.1. The molecule has 18 heavy (non-hydrogen) atoms. The normalized spacial score (nSPS) is 23.9. The van der Waals surface area contributed by atoms with E-state index in [1.165, 1.54) is 6.07 Å². The highest BCUT2D eigenvalue weighted by Crippen LogP contribution is 2.26. The summed E-state index contributed by atoms with van der Waals surface area (Å²) >= 11 is 0. The number of nitrogens with zero attached hydrogens (tertiary/aromatic N) is 1. The van der Waals surface area contributed by atoms with Crippen LogP contribution in [-0.2, 0) is 11.3 Å². The molecule has 0 aromatic carbocycles. The quantitative estimate of drug-likeness (QED) is 0.893. The van der Waals surface area contributed by atoms with E-state index in [9.17, 15) is 4.39 Å². The van der Waals surface area contributed by atoms with Gasteiger partial charge in [0.05, 0.1) is 12.3 Å². The Bertz CT molecular complexity index is 401. The van der Waals surface area contributed by atoms with Crippen molar-refractivity contribution in [2.75, 3.05) is 7.11 Å². The van der Waals surface area contributed by atoms with Crippen molar-refractivity contribution in [2.45, 2.75) is 44.4 Å². The number of methoxy groups -OCH3 is 1. The van der Waals surface area contributed by atoms with Gasteiger partial charge in [0.1, 0.15) is 11.9 Å². The van der Waals surface area contributed by atoms with Crippen molar-refractivity contribution < 1.29 is 13.9 Å². The molecule has 0 bridgehead atoms. The monoisotopic (exact) mass is 254 g/mol. The second kappa shape index (κ2) is 6.11. The minimum Gasteiger partial charge on any atom is -0.474 e. The summed E-state index contributed by atoms with van der Waals surface area (Å²) in [5, 5.41) is 0. The lowest BCUT2D eigenvalue weighted by molar-refractivity contribution is 0.0191. The predicted molar refractivity (Wildman–Crippen MR) is 65.8 cm³/mol. The molecule has 0 amide bonds. The third kappa shape index (κ3) is 3.17. The molecule has 4 nitrogen and oxygen atoms in total. The van der Waals surface area contributed by atoms with E-state index < -0.39 is 0 Å². The van der Waals surface area contributed by atoms with Gasteiger partial charge in [0, 0.05) is 25.6 Å². The van der Waals surface area contributed by atoms with E-state index in [4.69, 9.17) is 15.2 Å². The lowest BCUT2D eigenvalue weighted by Gasteiger charge is -2.28. The molecule has 1 aromatic heterocycles. The van der Waals surface area contributed by atoms with Crippen molar-refractivity contribution in [3.8, 4) is 5.88 Å². The fourth-order valence-electron chi connectivity index (χ4n) is 2.30. The number of pyridine rings is 1. The Balaban J connectivity index is 2.04. The zero-order valence-electron chi connectivity index (χ0n) is 10.6. The van der Waals surface area contributed by atoms with Crippen molar-refractivity contribution in [3.05, 3.63) is 23.6 Å². The summed E-state index contributed by atoms with van der Waals surface area (Å²) in [5.74, 6) is 0.0573. The van der Waals surface area contributed by atoms with Crippen LogP contribution in [0.2, 0.25) is 0 Å². The highest BCUT2D eigenvalue weighted by molar-refractivity contribution is 5.26. The number of hydrogen-bond acceptors (Lipinski definition) is 4. The highest BCUT2D eigenvalue weighted by Gasteiger charge is 2.24. The minimum atomic E-state index is -0.388. The Morgan fingerprint density at radius 2 is 2.22 bits per heavy atom. The Hall–Kier alpha value is -1.20. The molecule has 2 N–H and O–H groups in total. The van der Waals surface area contributed by atoms with Gasteiger partial charge in [-0.3, -0.25) is 0 Å². The van der Waals surface area contributed by atoms with Crippen LogP contribution in [0.4, 0.5) is 4.39 Å². The second-order valence-electron chi connectivity index (χ2n) is 4.59. The van der Waals surface area contributed by atoms with Gasteiger partial charge in [-0.2, -0.15) is 0 Å². The zero-order chi connectivity index (χ0) is 13.0. The largest absolute Gasteiger partial charge is 0.474 e. The molecule has 0 radical (unpaired) electrons. The number of nitrogens with two attached hydrogens (primary N) is 1. The van der Waals surface area contributed by atoms with Gasteiger partial charge in [0.2, 0.25) is 5.88 Å². The van der Waals surface area contributed by atoms with Crippen molar-refractivity contribution in [1.82, 2.24) is 4.98 Å². The van der Waals surface area contributed by atoms with Crippen molar-refractivity contribution in [2.24, 2.45) is 5.73 Å². The van der Waals surface area contributed by atoms with Gasteiger partial charge in [-0.15, -0.1) is 0 Å². The molecule has 1 saturated carbocycles. The first-order valence-electron chi connectivity index (χ1n) is 6.27. The summed E-state index contributed by atoms with van der Waals surface area (Å²) in [4.78, 5) is 3.98. The molecule has 2 atom stereocenters. The van der Waals surface area contributed by atoms with Gasteiger partial charge in [0.15, 0.2) is 0 Å². The van der Waals surface area contributed by atoms with Crippen LogP contribution in [0.5, 0.6) is 5.88 Å². The van der Waals surface area contributed by atoms with Gasteiger partial charge in [-0.1, -0.05) is 0 Å². The molecule has 1 aliphatic carbocycles. The van der Waals surface area contributed by atoms with Gasteiger partial charge in [-0.25, -0.2) is 9.37 Å². The zero-order valence-corrected chi connectivity index (χ0v) is 10.6. The Morgan fingerprint density at radius 1 is 1.44 bits per heavy atom. The maximum absolute atomic E-state index is 13.0. The summed E-state index contributed by atoms with van der Waals surface area (Å²) in [6, 6.07) is 1.37. The molecule has 1 aliphatic rings. The molecule has 0 saturated heterocycles. The van der Waals surface area contributed by atoms with E-state index in [0.29, 0.717) is 11.4 Å². The molecule has 5 heteroatoms. The smallest absolute Gasteiger partial charge is 0.218 e. The molecular formula is C13H19FN2O2. The molecule has 0 spiro atoms. The number of aromatic nitrogens is 1. The fraction of sp³-hybridized carbons (Fsp3) is 0.615. The molecular weight excluding hydrogens is 235 g/mol. The average molecular weight is 254 g/mol. The topological polar surface area (TPSA) is 57.4 Å². The molecule has 1 aromatic rings. The summed E-state index contributed by atoms with van der Waals surface area (Å²) in [7, 11) is 1.72. The third-order valence-electron chi connectivity index (χ3n) is 3.30. The Morgan fingerprint density at radius 3 is 2.94 bits per heavy atom. The number of ether oxygens (including phenoxy) is 2. The number of halogens is 1. The van der Waals surface area contributed by atoms with Gasteiger partial charge in [-0.05, 0) is 25.3 Å². The number of rotatable bonds is 4. The van der Waals surface area contributed by atoms with Crippen LogP contribution < -0.4 is 10.5 Å². The van der Waals surface area contributed by atoms with Crippen LogP contribution in [0, 0.1) is 5.82 Å². The molecule has 2 unspecified atom stereocenters. The lowest BCUT2D eigenvalue weighted by atomic mass is 9.95. The maximum Gasteiger partial charge on any atom is 0.218 e. The van der Waals surface area contributed by atoms with Crippen LogP contribution in [0.25, 0.3) is 0 Å². The summed E-state index contributed by atoms with van der Waals surface area (Å²) in [6.07, 6.45) is 5.44. The van der Waals surface area contributed by atoms with Crippen LogP contribution in [-0.4, -0.2) is 24.3 Å². The second-order valence-corrected chi connectivity index (χ2v) is 4.59. The van der Waals surface area contributed by atoms with E-state index in [0.717, 1.165) is 31.9 Å². The van der Waals surface area contributed by atoms with Crippen LogP contribution in [0.1, 0.15) is 31.2 Å². The summed E-state index contributed by atoms with van der Waals surface area (Å²) in [6.45, 7) is 0.223. The molecule has 1 fully saturated rings. The van der Waals surface area contributed by atoms with E-state index in [-0.39, 0.29) is 24.6 Å². The van der Waals surface area contributed by atoms with Crippen molar-refractivity contribution >= 4 is 0 Å². The molecule has 2 rings (SSSR count). The first-order valence-corrected chi connectivity index (χ1v) is 6.27. The predicted octanol–water partition coefficient (Wildman–Crippen LogP) is 2.02. The van der Waals surface area contributed by atoms with Crippen LogP contribution >= 0.6 is 0 Å². The van der Waals surface area contributed by atoms with Gasteiger partial charge < -0.3 is 15.2 Å². The van der Waals surface area contributed by atoms with E-state index in [1.54, 1.807) is 7.11 Å². The Kier molecular flexibility index (Phi) is 4.49. The molecule has 100 valence electrons. The van der Waals surface area contributed by atoms with Gasteiger partial charge in [0.25, 0.3) is 0 Å². The van der Waals surface area contributed by atoms with Crippen LogP contribution in [0.3, 0.4) is 0 Å².